The fraction of sp³-hybridized carbons (Fsp3) is 0.417. The third-order valence-corrected chi connectivity index (χ3v) is 4.10. The second kappa shape index (κ2) is 5.65. The molecule has 1 aromatic carbocycles. The van der Waals surface area contributed by atoms with Crippen LogP contribution in [0.2, 0.25) is 5.02 Å². The van der Waals surface area contributed by atoms with E-state index in [1.54, 1.807) is 18.2 Å². The molecule has 1 aromatic rings. The SMILES string of the molecule is Nc1ccc(Cl)c(SCC(=O)NCC2CC2)c1. The molecule has 0 radical (unpaired) electrons. The Kier molecular flexibility index (Phi) is 4.18. The second-order valence-electron chi connectivity index (χ2n) is 4.23. The van der Waals surface area contributed by atoms with E-state index in [0.29, 0.717) is 22.4 Å². The van der Waals surface area contributed by atoms with Crippen LogP contribution in [0.25, 0.3) is 0 Å². The number of nitrogens with two attached hydrogens (primary N) is 1. The maximum Gasteiger partial charge on any atom is 0.230 e. The number of anilines is 1. The van der Waals surface area contributed by atoms with E-state index in [-0.39, 0.29) is 5.91 Å². The number of thioether (sulfide) groups is 1. The van der Waals surface area contributed by atoms with Crippen LogP contribution >= 0.6 is 23.4 Å². The summed E-state index contributed by atoms with van der Waals surface area (Å²) in [7, 11) is 0. The predicted molar refractivity (Wildman–Crippen MR) is 72.3 cm³/mol. The van der Waals surface area contributed by atoms with E-state index >= 15 is 0 Å². The molecule has 0 saturated heterocycles. The Hall–Kier alpha value is -0.870. The van der Waals surface area contributed by atoms with Crippen LogP contribution < -0.4 is 11.1 Å². The first-order valence-electron chi connectivity index (χ1n) is 5.59. The number of amides is 1. The van der Waals surface area contributed by atoms with Crippen LogP contribution in [0.1, 0.15) is 12.8 Å². The Balaban J connectivity index is 1.79. The van der Waals surface area contributed by atoms with E-state index in [0.717, 1.165) is 11.4 Å². The lowest BCUT2D eigenvalue weighted by Crippen LogP contribution is -2.27. The van der Waals surface area contributed by atoms with E-state index in [9.17, 15) is 4.79 Å². The normalized spacial score (nSPS) is 14.6. The van der Waals surface area contributed by atoms with Crippen LogP contribution in [0.15, 0.2) is 23.1 Å². The molecule has 0 atom stereocenters. The average Bonchev–Trinajstić information content (AvgIpc) is 3.11. The lowest BCUT2D eigenvalue weighted by molar-refractivity contribution is -0.118. The highest BCUT2D eigenvalue weighted by atomic mass is 35.5. The van der Waals surface area contributed by atoms with Crippen molar-refractivity contribution < 1.29 is 4.79 Å². The van der Waals surface area contributed by atoms with Crippen molar-refractivity contribution in [1.82, 2.24) is 5.32 Å². The molecule has 17 heavy (non-hydrogen) atoms. The summed E-state index contributed by atoms with van der Waals surface area (Å²) in [6.07, 6.45) is 2.49. The van der Waals surface area contributed by atoms with Gasteiger partial charge in [0.2, 0.25) is 5.91 Å². The van der Waals surface area contributed by atoms with Crippen LogP contribution in [0.4, 0.5) is 5.69 Å². The number of nitrogens with one attached hydrogen (secondary N) is 1. The first-order valence-corrected chi connectivity index (χ1v) is 6.96. The Bertz CT molecular complexity index is 421. The van der Waals surface area contributed by atoms with E-state index in [1.165, 1.54) is 24.6 Å². The molecule has 92 valence electrons. The third kappa shape index (κ3) is 4.13. The fourth-order valence-electron chi connectivity index (χ4n) is 1.41. The van der Waals surface area contributed by atoms with Crippen molar-refractivity contribution in [1.29, 1.82) is 0 Å². The number of hydrogen-bond acceptors (Lipinski definition) is 3. The van der Waals surface area contributed by atoms with Crippen molar-refractivity contribution in [2.75, 3.05) is 18.0 Å². The van der Waals surface area contributed by atoms with Crippen LogP contribution in [-0.4, -0.2) is 18.2 Å². The molecule has 1 saturated carbocycles. The van der Waals surface area contributed by atoms with E-state index in [4.69, 9.17) is 17.3 Å². The zero-order valence-corrected chi connectivity index (χ0v) is 11.0. The molecular formula is C12H15ClN2OS. The number of nitrogen functional groups attached to an aromatic ring is 1. The highest BCUT2D eigenvalue weighted by molar-refractivity contribution is 8.00. The first kappa shape index (κ1) is 12.6. The van der Waals surface area contributed by atoms with Crippen LogP contribution in [0.5, 0.6) is 0 Å². The van der Waals surface area contributed by atoms with Crippen LogP contribution in [-0.2, 0) is 4.79 Å². The summed E-state index contributed by atoms with van der Waals surface area (Å²) in [4.78, 5) is 12.4. The number of halogens is 1. The lowest BCUT2D eigenvalue weighted by atomic mass is 10.3. The summed E-state index contributed by atoms with van der Waals surface area (Å²) in [6, 6.07) is 5.29. The third-order valence-electron chi connectivity index (χ3n) is 2.60. The Labute approximate surface area is 110 Å². The summed E-state index contributed by atoms with van der Waals surface area (Å²) >= 11 is 7.43. The van der Waals surface area contributed by atoms with Crippen molar-refractivity contribution in [2.45, 2.75) is 17.7 Å². The smallest absolute Gasteiger partial charge is 0.230 e. The zero-order chi connectivity index (χ0) is 12.3. The van der Waals surface area contributed by atoms with Gasteiger partial charge < -0.3 is 11.1 Å². The van der Waals surface area contributed by atoms with Gasteiger partial charge in [-0.2, -0.15) is 0 Å². The highest BCUT2D eigenvalue weighted by Crippen LogP contribution is 2.29. The molecule has 5 heteroatoms. The van der Waals surface area contributed by atoms with Crippen molar-refractivity contribution >= 4 is 35.0 Å². The summed E-state index contributed by atoms with van der Waals surface area (Å²) < 4.78 is 0. The van der Waals surface area contributed by atoms with Gasteiger partial charge in [-0.05, 0) is 37.0 Å². The fourth-order valence-corrected chi connectivity index (χ4v) is 2.50. The molecule has 0 heterocycles. The number of carbonyl (C=O) groups is 1. The van der Waals surface area contributed by atoms with Crippen LogP contribution in [0.3, 0.4) is 0 Å². The molecule has 0 aliphatic heterocycles. The van der Waals surface area contributed by atoms with Gasteiger partial charge in [-0.3, -0.25) is 4.79 Å². The molecule has 1 fully saturated rings. The monoisotopic (exact) mass is 270 g/mol. The second-order valence-corrected chi connectivity index (χ2v) is 5.65. The van der Waals surface area contributed by atoms with Gasteiger partial charge in [0.05, 0.1) is 10.8 Å². The summed E-state index contributed by atoms with van der Waals surface area (Å²) in [5.41, 5.74) is 6.33. The van der Waals surface area contributed by atoms with E-state index in [1.807, 2.05) is 0 Å². The molecule has 0 unspecified atom stereocenters. The lowest BCUT2D eigenvalue weighted by Gasteiger charge is -2.06. The minimum atomic E-state index is 0.0559. The maximum absolute atomic E-state index is 11.5. The van der Waals surface area contributed by atoms with Gasteiger partial charge in [0, 0.05) is 17.1 Å². The van der Waals surface area contributed by atoms with Gasteiger partial charge in [0.25, 0.3) is 0 Å². The molecule has 1 aliphatic carbocycles. The van der Waals surface area contributed by atoms with Gasteiger partial charge in [-0.25, -0.2) is 0 Å². The first-order chi connectivity index (χ1) is 8.15. The molecular weight excluding hydrogens is 256 g/mol. The summed E-state index contributed by atoms with van der Waals surface area (Å²) in [5, 5.41) is 3.55. The number of carbonyl (C=O) groups excluding carboxylic acids is 1. The summed E-state index contributed by atoms with van der Waals surface area (Å²) in [5.74, 6) is 1.15. The maximum atomic E-state index is 11.5. The Morgan fingerprint density at radius 2 is 2.29 bits per heavy atom. The van der Waals surface area contributed by atoms with Crippen molar-refractivity contribution in [3.63, 3.8) is 0 Å². The van der Waals surface area contributed by atoms with Crippen molar-refractivity contribution in [3.05, 3.63) is 23.2 Å². The van der Waals surface area contributed by atoms with Gasteiger partial charge in [-0.1, -0.05) is 11.6 Å². The summed E-state index contributed by atoms with van der Waals surface area (Å²) in [6.45, 7) is 0.810. The number of benzene rings is 1. The van der Waals surface area contributed by atoms with Gasteiger partial charge in [0.15, 0.2) is 0 Å². The van der Waals surface area contributed by atoms with Gasteiger partial charge in [-0.15, -0.1) is 11.8 Å². The molecule has 1 aliphatic rings. The molecule has 2 rings (SSSR count). The predicted octanol–water partition coefficient (Wildman–Crippen LogP) is 2.54. The molecule has 3 N–H and O–H groups in total. The Morgan fingerprint density at radius 3 is 3.00 bits per heavy atom. The van der Waals surface area contributed by atoms with Crippen molar-refractivity contribution in [2.24, 2.45) is 5.92 Å². The molecule has 0 bridgehead atoms. The molecule has 1 amide bonds. The molecule has 3 nitrogen and oxygen atoms in total. The average molecular weight is 271 g/mol. The minimum absolute atomic E-state index is 0.0559. The number of hydrogen-bond donors (Lipinski definition) is 2. The van der Waals surface area contributed by atoms with Gasteiger partial charge in [0.1, 0.15) is 0 Å². The zero-order valence-electron chi connectivity index (χ0n) is 9.41. The highest BCUT2D eigenvalue weighted by Gasteiger charge is 2.21. The molecule has 0 spiro atoms. The van der Waals surface area contributed by atoms with E-state index < -0.39 is 0 Å². The minimum Gasteiger partial charge on any atom is -0.399 e. The van der Waals surface area contributed by atoms with Gasteiger partial charge >= 0.3 is 0 Å². The Morgan fingerprint density at radius 1 is 1.53 bits per heavy atom. The standard InChI is InChI=1S/C12H15ClN2OS/c13-10-4-3-9(14)5-11(10)17-7-12(16)15-6-8-1-2-8/h3-5,8H,1-2,6-7,14H2,(H,15,16). The molecule has 0 aromatic heterocycles. The van der Waals surface area contributed by atoms with Crippen LogP contribution in [0, 0.1) is 5.92 Å². The number of rotatable bonds is 5. The topological polar surface area (TPSA) is 55.1 Å². The quantitative estimate of drug-likeness (QED) is 0.639. The van der Waals surface area contributed by atoms with Crippen molar-refractivity contribution in [3.8, 4) is 0 Å². The van der Waals surface area contributed by atoms with E-state index in [2.05, 4.69) is 5.32 Å². The largest absolute Gasteiger partial charge is 0.399 e.